The molecule has 0 aliphatic rings. The van der Waals surface area contributed by atoms with Crippen LogP contribution in [0.15, 0.2) is 48.5 Å². The minimum Gasteiger partial charge on any atom is -1.00 e. The zero-order valence-corrected chi connectivity index (χ0v) is 11.9. The van der Waals surface area contributed by atoms with Crippen molar-refractivity contribution in [2.75, 3.05) is 5.73 Å². The zero-order chi connectivity index (χ0) is 13.2. The monoisotopic (exact) mass is 307 g/mol. The van der Waals surface area contributed by atoms with Gasteiger partial charge in [0.25, 0.3) is 0 Å². The van der Waals surface area contributed by atoms with Crippen molar-refractivity contribution in [3.8, 4) is 21.7 Å². The largest absolute Gasteiger partial charge is 1.00 e. The summed E-state index contributed by atoms with van der Waals surface area (Å²) in [6.45, 7) is 0. The number of aromatic amines is 1. The van der Waals surface area contributed by atoms with E-state index in [-0.39, 0.29) is 18.2 Å². The summed E-state index contributed by atoms with van der Waals surface area (Å²) >= 11 is 1.40. The number of benzene rings is 2. The van der Waals surface area contributed by atoms with Crippen LogP contribution < -0.4 is 23.2 Å². The Balaban J connectivity index is 0.00000147. The summed E-state index contributed by atoms with van der Waals surface area (Å²) < 4.78 is 13.2. The van der Waals surface area contributed by atoms with E-state index in [1.54, 1.807) is 6.07 Å². The lowest BCUT2D eigenvalue weighted by Gasteiger charge is -2.02. The highest BCUT2D eigenvalue weighted by molar-refractivity contribution is 7.17. The smallest absolute Gasteiger partial charge is 0.352 e. The number of aromatic nitrogens is 2. The molecule has 0 radical (unpaired) electrons. The predicted molar refractivity (Wildman–Crippen MR) is 73.9 cm³/mol. The van der Waals surface area contributed by atoms with E-state index in [9.17, 15) is 4.39 Å². The summed E-state index contributed by atoms with van der Waals surface area (Å²) in [5, 5.41) is 8.24. The van der Waals surface area contributed by atoms with Crippen molar-refractivity contribution in [2.45, 2.75) is 0 Å². The van der Waals surface area contributed by atoms with E-state index in [1.807, 2.05) is 30.3 Å². The molecule has 0 aliphatic heterocycles. The Kier molecular flexibility index (Phi) is 4.32. The topological polar surface area (TPSA) is 53.0 Å². The molecule has 1 aromatic heterocycles. The summed E-state index contributed by atoms with van der Waals surface area (Å²) in [5.74, 6) is -0.233. The van der Waals surface area contributed by atoms with Gasteiger partial charge in [-0.25, -0.2) is 4.39 Å². The number of nitrogens with one attached hydrogen (secondary N) is 1. The fraction of sp³-hybridized carbons (Fsp3) is 0. The number of nitrogens with zero attached hydrogens (tertiary/aromatic N) is 1. The molecule has 0 atom stereocenters. The molecule has 0 spiro atoms. The fourth-order valence-electron chi connectivity index (χ4n) is 1.85. The normalized spacial score (nSPS) is 10.1. The quantitative estimate of drug-likeness (QED) is 0.725. The lowest BCUT2D eigenvalue weighted by Crippen LogP contribution is -3.00. The molecule has 6 heteroatoms. The van der Waals surface area contributed by atoms with Crippen molar-refractivity contribution >= 4 is 16.5 Å². The lowest BCUT2D eigenvalue weighted by atomic mass is 10.0. The van der Waals surface area contributed by atoms with Gasteiger partial charge in [-0.1, -0.05) is 41.5 Å². The highest BCUT2D eigenvalue weighted by Crippen LogP contribution is 2.26. The molecule has 0 saturated heterocycles. The van der Waals surface area contributed by atoms with E-state index in [0.717, 1.165) is 21.7 Å². The second-order valence-electron chi connectivity index (χ2n) is 4.08. The highest BCUT2D eigenvalue weighted by atomic mass is 35.5. The summed E-state index contributed by atoms with van der Waals surface area (Å²) in [5.41, 5.74) is 8.42. The molecule has 0 amide bonds. The maximum Gasteiger partial charge on any atom is 0.352 e. The van der Waals surface area contributed by atoms with Gasteiger partial charge >= 0.3 is 5.13 Å². The molecule has 0 bridgehead atoms. The van der Waals surface area contributed by atoms with Gasteiger partial charge in [0.2, 0.25) is 0 Å². The first-order valence-electron chi connectivity index (χ1n) is 5.73. The van der Waals surface area contributed by atoms with Crippen LogP contribution in [0.2, 0.25) is 0 Å². The third-order valence-corrected chi connectivity index (χ3v) is 3.60. The van der Waals surface area contributed by atoms with Crippen molar-refractivity contribution in [2.24, 2.45) is 0 Å². The zero-order valence-electron chi connectivity index (χ0n) is 10.3. The number of hydrogen-bond acceptors (Lipinski definition) is 3. The van der Waals surface area contributed by atoms with Gasteiger partial charge in [0, 0.05) is 5.56 Å². The maximum atomic E-state index is 13.2. The third kappa shape index (κ3) is 2.95. The highest BCUT2D eigenvalue weighted by Gasteiger charge is 2.08. The first-order chi connectivity index (χ1) is 9.22. The van der Waals surface area contributed by atoms with E-state index < -0.39 is 0 Å². The molecule has 3 nitrogen and oxygen atoms in total. The van der Waals surface area contributed by atoms with Crippen LogP contribution in [-0.4, -0.2) is 5.10 Å². The van der Waals surface area contributed by atoms with Crippen molar-refractivity contribution in [1.82, 2.24) is 5.10 Å². The van der Waals surface area contributed by atoms with Crippen molar-refractivity contribution < 1.29 is 21.9 Å². The fourth-order valence-corrected chi connectivity index (χ4v) is 2.50. The van der Waals surface area contributed by atoms with Gasteiger partial charge in [-0.15, -0.1) is 5.10 Å². The van der Waals surface area contributed by atoms with Gasteiger partial charge in [0.15, 0.2) is 5.01 Å². The van der Waals surface area contributed by atoms with Gasteiger partial charge in [-0.3, -0.25) is 5.73 Å². The van der Waals surface area contributed by atoms with Crippen LogP contribution in [0.4, 0.5) is 9.52 Å². The molecule has 0 aliphatic carbocycles. The summed E-state index contributed by atoms with van der Waals surface area (Å²) in [6.07, 6.45) is 0. The standard InChI is InChI=1S/C14H10FN3S.ClH/c15-12-3-1-2-11(8-12)9-4-6-10(7-5-9)13-17-18-14(16)19-13;/h1-8H,(H2,16,18);1H. The Bertz CT molecular complexity index is 712. The number of rotatable bonds is 2. The Hall–Kier alpha value is -1.98. The second kappa shape index (κ2) is 5.98. The average molecular weight is 308 g/mol. The SMILES string of the molecule is Nc1[nH+]nc(-c2ccc(-c3cccc(F)c3)cc2)s1.[Cl-]. The number of hydrogen-bond donors (Lipinski definition) is 1. The third-order valence-electron chi connectivity index (χ3n) is 2.76. The number of H-pyrrole nitrogens is 1. The van der Waals surface area contributed by atoms with Crippen LogP contribution in [0.25, 0.3) is 21.7 Å². The van der Waals surface area contributed by atoms with Crippen LogP contribution in [0.3, 0.4) is 0 Å². The van der Waals surface area contributed by atoms with E-state index >= 15 is 0 Å². The van der Waals surface area contributed by atoms with E-state index in [4.69, 9.17) is 5.73 Å². The van der Waals surface area contributed by atoms with Crippen LogP contribution in [0.5, 0.6) is 0 Å². The van der Waals surface area contributed by atoms with Crippen LogP contribution in [-0.2, 0) is 0 Å². The van der Waals surface area contributed by atoms with Crippen molar-refractivity contribution in [1.29, 1.82) is 0 Å². The molecule has 0 fully saturated rings. The van der Waals surface area contributed by atoms with E-state index in [2.05, 4.69) is 10.2 Å². The molecule has 3 rings (SSSR count). The molecule has 1 heterocycles. The number of anilines is 1. The number of nitrogens with two attached hydrogens (primary N) is 1. The summed E-state index contributed by atoms with van der Waals surface area (Å²) in [4.78, 5) is 0. The Morgan fingerprint density at radius 2 is 1.70 bits per heavy atom. The molecule has 0 unspecified atom stereocenters. The minimum absolute atomic E-state index is 0. The van der Waals surface area contributed by atoms with Crippen LogP contribution in [0.1, 0.15) is 0 Å². The first-order valence-corrected chi connectivity index (χ1v) is 6.54. The van der Waals surface area contributed by atoms with E-state index in [1.165, 1.54) is 23.5 Å². The second-order valence-corrected chi connectivity index (χ2v) is 5.11. The molecular formula is C14H11ClFN3S. The summed E-state index contributed by atoms with van der Waals surface area (Å²) in [7, 11) is 0. The van der Waals surface area contributed by atoms with Crippen molar-refractivity contribution in [3.05, 3.63) is 54.3 Å². The van der Waals surface area contributed by atoms with Gasteiger partial charge in [0.1, 0.15) is 5.82 Å². The molecular weight excluding hydrogens is 297 g/mol. The average Bonchev–Trinajstić information content (AvgIpc) is 2.86. The molecule has 102 valence electrons. The first kappa shape index (κ1) is 14.4. The molecule has 3 aromatic rings. The van der Waals surface area contributed by atoms with Crippen LogP contribution in [0, 0.1) is 5.82 Å². The van der Waals surface area contributed by atoms with E-state index in [0.29, 0.717) is 5.13 Å². The molecule has 0 saturated carbocycles. The van der Waals surface area contributed by atoms with Gasteiger partial charge in [-0.05, 0) is 34.6 Å². The molecule has 20 heavy (non-hydrogen) atoms. The van der Waals surface area contributed by atoms with Crippen LogP contribution >= 0.6 is 11.3 Å². The molecule has 3 N–H and O–H groups in total. The van der Waals surface area contributed by atoms with Gasteiger partial charge in [0.05, 0.1) is 0 Å². The summed E-state index contributed by atoms with van der Waals surface area (Å²) in [6, 6.07) is 14.3. The number of halogens is 2. The van der Waals surface area contributed by atoms with Gasteiger partial charge in [-0.2, -0.15) is 0 Å². The Morgan fingerprint density at radius 1 is 1.00 bits per heavy atom. The predicted octanol–water partition coefficient (Wildman–Crippen LogP) is 0.0165. The Morgan fingerprint density at radius 3 is 2.30 bits per heavy atom. The van der Waals surface area contributed by atoms with Crippen molar-refractivity contribution in [3.63, 3.8) is 0 Å². The molecule has 2 aromatic carbocycles. The van der Waals surface area contributed by atoms with Gasteiger partial charge < -0.3 is 12.4 Å². The lowest BCUT2D eigenvalue weighted by molar-refractivity contribution is -0.430. The minimum atomic E-state index is -0.233. The Labute approximate surface area is 125 Å². The number of nitrogen functional groups attached to an aromatic ring is 1. The maximum absolute atomic E-state index is 13.2.